The van der Waals surface area contributed by atoms with Gasteiger partial charge in [-0.3, -0.25) is 4.79 Å². The highest BCUT2D eigenvalue weighted by molar-refractivity contribution is 7.98. The fourth-order valence-electron chi connectivity index (χ4n) is 2.81. The van der Waals surface area contributed by atoms with Gasteiger partial charge in [-0.1, -0.05) is 25.0 Å². The first-order valence-electron chi connectivity index (χ1n) is 6.90. The van der Waals surface area contributed by atoms with Crippen LogP contribution in [0.5, 0.6) is 0 Å². The number of nitrogens with two attached hydrogens (primary N) is 1. The minimum Gasteiger partial charge on any atom is -0.330 e. The van der Waals surface area contributed by atoms with E-state index in [9.17, 15) is 4.79 Å². The number of thioether (sulfide) groups is 1. The molecule has 1 aromatic carbocycles. The molecule has 0 aliphatic heterocycles. The second-order valence-corrected chi connectivity index (χ2v) is 5.92. The normalized spacial score (nSPS) is 23.1. The molecule has 1 saturated carbocycles. The molecule has 2 unspecified atom stereocenters. The lowest BCUT2D eigenvalue weighted by atomic mass is 9.78. The van der Waals surface area contributed by atoms with Crippen molar-refractivity contribution in [3.8, 4) is 0 Å². The number of hydrogen-bond acceptors (Lipinski definition) is 3. The summed E-state index contributed by atoms with van der Waals surface area (Å²) in [6.07, 6.45) is 6.41. The Kier molecular flexibility index (Phi) is 5.28. The Balaban J connectivity index is 2.07. The first kappa shape index (κ1) is 14.4. The molecule has 0 radical (unpaired) electrons. The molecule has 1 aliphatic rings. The lowest BCUT2D eigenvalue weighted by molar-refractivity contribution is -0.122. The van der Waals surface area contributed by atoms with Crippen molar-refractivity contribution in [3.63, 3.8) is 0 Å². The van der Waals surface area contributed by atoms with E-state index in [1.165, 1.54) is 6.42 Å². The fraction of sp³-hybridized carbons (Fsp3) is 0.533. The number of nitrogens with one attached hydrogen (secondary N) is 1. The zero-order valence-corrected chi connectivity index (χ0v) is 12.2. The van der Waals surface area contributed by atoms with E-state index in [2.05, 4.69) is 5.32 Å². The van der Waals surface area contributed by atoms with Crippen molar-refractivity contribution in [2.75, 3.05) is 18.1 Å². The second kappa shape index (κ2) is 6.96. The van der Waals surface area contributed by atoms with Crippen LogP contribution in [-0.2, 0) is 4.79 Å². The molecular formula is C15H22N2OS. The molecule has 2 atom stereocenters. The van der Waals surface area contributed by atoms with Gasteiger partial charge in [0.2, 0.25) is 5.91 Å². The van der Waals surface area contributed by atoms with Crippen molar-refractivity contribution in [2.24, 2.45) is 17.6 Å². The lowest BCUT2D eigenvalue weighted by Crippen LogP contribution is -2.35. The first-order chi connectivity index (χ1) is 9.26. The second-order valence-electron chi connectivity index (χ2n) is 5.08. The van der Waals surface area contributed by atoms with E-state index in [-0.39, 0.29) is 11.8 Å². The van der Waals surface area contributed by atoms with Crippen molar-refractivity contribution in [1.82, 2.24) is 0 Å². The number of amides is 1. The Hall–Kier alpha value is -1.00. The van der Waals surface area contributed by atoms with Gasteiger partial charge in [0.15, 0.2) is 0 Å². The van der Waals surface area contributed by atoms with Crippen LogP contribution in [0.15, 0.2) is 29.2 Å². The third-order valence-corrected chi connectivity index (χ3v) is 4.71. The zero-order valence-electron chi connectivity index (χ0n) is 11.4. The molecule has 2 rings (SSSR count). The van der Waals surface area contributed by atoms with Gasteiger partial charge in [-0.2, -0.15) is 0 Å². The van der Waals surface area contributed by atoms with Crippen molar-refractivity contribution in [2.45, 2.75) is 30.6 Å². The largest absolute Gasteiger partial charge is 0.330 e. The molecule has 3 nitrogen and oxygen atoms in total. The van der Waals surface area contributed by atoms with Crippen molar-refractivity contribution >= 4 is 23.4 Å². The molecule has 0 bridgehead atoms. The summed E-state index contributed by atoms with van der Waals surface area (Å²) in [5.41, 5.74) is 6.71. The van der Waals surface area contributed by atoms with Crippen LogP contribution in [0.25, 0.3) is 0 Å². The third kappa shape index (κ3) is 3.51. The Morgan fingerprint density at radius 3 is 2.84 bits per heavy atom. The maximum Gasteiger partial charge on any atom is 0.227 e. The van der Waals surface area contributed by atoms with Crippen molar-refractivity contribution in [3.05, 3.63) is 24.3 Å². The highest BCUT2D eigenvalue weighted by Gasteiger charge is 2.30. The summed E-state index contributed by atoms with van der Waals surface area (Å²) in [6, 6.07) is 7.94. The summed E-state index contributed by atoms with van der Waals surface area (Å²) >= 11 is 1.65. The molecule has 1 fully saturated rings. The van der Waals surface area contributed by atoms with Crippen LogP contribution in [0.2, 0.25) is 0 Å². The Labute approximate surface area is 119 Å². The van der Waals surface area contributed by atoms with Crippen LogP contribution in [0.4, 0.5) is 5.69 Å². The van der Waals surface area contributed by atoms with Gasteiger partial charge in [0, 0.05) is 10.8 Å². The number of carbonyl (C=O) groups is 1. The molecule has 19 heavy (non-hydrogen) atoms. The molecule has 1 aliphatic carbocycles. The van der Waals surface area contributed by atoms with Crippen LogP contribution in [-0.4, -0.2) is 18.7 Å². The van der Waals surface area contributed by atoms with Crippen LogP contribution < -0.4 is 11.1 Å². The van der Waals surface area contributed by atoms with Gasteiger partial charge in [-0.05, 0) is 43.7 Å². The van der Waals surface area contributed by atoms with Crippen molar-refractivity contribution in [1.29, 1.82) is 0 Å². The Bertz CT molecular complexity index is 436. The number of benzene rings is 1. The number of anilines is 1. The highest BCUT2D eigenvalue weighted by atomic mass is 32.2. The molecule has 104 valence electrons. The maximum absolute atomic E-state index is 12.4. The van der Waals surface area contributed by atoms with E-state index < -0.39 is 0 Å². The average molecular weight is 278 g/mol. The summed E-state index contributed by atoms with van der Waals surface area (Å²) < 4.78 is 0. The number of hydrogen-bond donors (Lipinski definition) is 2. The minimum absolute atomic E-state index is 0.0775. The smallest absolute Gasteiger partial charge is 0.227 e. The number of rotatable bonds is 4. The quantitative estimate of drug-likeness (QED) is 0.832. The summed E-state index contributed by atoms with van der Waals surface area (Å²) in [7, 11) is 0. The molecule has 0 saturated heterocycles. The summed E-state index contributed by atoms with van der Waals surface area (Å²) in [5, 5.41) is 3.08. The summed E-state index contributed by atoms with van der Waals surface area (Å²) in [6.45, 7) is 0.613. The monoisotopic (exact) mass is 278 g/mol. The van der Waals surface area contributed by atoms with Crippen molar-refractivity contribution < 1.29 is 4.79 Å². The molecular weight excluding hydrogens is 256 g/mol. The van der Waals surface area contributed by atoms with Crippen LogP contribution >= 0.6 is 11.8 Å². The molecule has 0 spiro atoms. The molecule has 4 heteroatoms. The average Bonchev–Trinajstić information content (AvgIpc) is 2.47. The van der Waals surface area contributed by atoms with E-state index in [1.807, 2.05) is 30.5 Å². The van der Waals surface area contributed by atoms with E-state index in [4.69, 9.17) is 5.73 Å². The lowest BCUT2D eigenvalue weighted by Gasteiger charge is -2.29. The standard InChI is InChI=1S/C15H22N2OS/c1-19-14-9-5-4-8-13(14)17-15(18)12-7-3-2-6-11(12)10-16/h4-5,8-9,11-12H,2-3,6-7,10,16H2,1H3,(H,17,18). The molecule has 1 amide bonds. The van der Waals surface area contributed by atoms with E-state index in [0.29, 0.717) is 12.5 Å². The van der Waals surface area contributed by atoms with Gasteiger partial charge in [-0.25, -0.2) is 0 Å². The molecule has 3 N–H and O–H groups in total. The van der Waals surface area contributed by atoms with Gasteiger partial charge in [0.25, 0.3) is 0 Å². The van der Waals surface area contributed by atoms with E-state index in [0.717, 1.165) is 29.8 Å². The SMILES string of the molecule is CSc1ccccc1NC(=O)C1CCCCC1CN. The Morgan fingerprint density at radius 2 is 2.11 bits per heavy atom. The summed E-state index contributed by atoms with van der Waals surface area (Å²) in [4.78, 5) is 13.5. The maximum atomic E-state index is 12.4. The predicted molar refractivity (Wildman–Crippen MR) is 81.4 cm³/mol. The minimum atomic E-state index is 0.0775. The zero-order chi connectivity index (χ0) is 13.7. The topological polar surface area (TPSA) is 55.1 Å². The van der Waals surface area contributed by atoms with Crippen LogP contribution in [0.1, 0.15) is 25.7 Å². The van der Waals surface area contributed by atoms with Gasteiger partial charge in [0.1, 0.15) is 0 Å². The Morgan fingerprint density at radius 1 is 1.37 bits per heavy atom. The predicted octanol–water partition coefficient (Wildman–Crippen LogP) is 3.11. The van der Waals surface area contributed by atoms with Gasteiger partial charge in [0.05, 0.1) is 5.69 Å². The molecule has 0 aromatic heterocycles. The number of para-hydroxylation sites is 1. The molecule has 0 heterocycles. The van der Waals surface area contributed by atoms with Crippen LogP contribution in [0, 0.1) is 11.8 Å². The highest BCUT2D eigenvalue weighted by Crippen LogP contribution is 2.31. The van der Waals surface area contributed by atoms with E-state index in [1.54, 1.807) is 11.8 Å². The fourth-order valence-corrected chi connectivity index (χ4v) is 3.36. The number of carbonyl (C=O) groups excluding carboxylic acids is 1. The molecule has 1 aromatic rings. The first-order valence-corrected chi connectivity index (χ1v) is 8.12. The summed E-state index contributed by atoms with van der Waals surface area (Å²) in [5.74, 6) is 0.556. The van der Waals surface area contributed by atoms with Gasteiger partial charge < -0.3 is 11.1 Å². The van der Waals surface area contributed by atoms with Gasteiger partial charge in [-0.15, -0.1) is 11.8 Å². The van der Waals surface area contributed by atoms with E-state index >= 15 is 0 Å². The van der Waals surface area contributed by atoms with Crippen LogP contribution in [0.3, 0.4) is 0 Å². The third-order valence-electron chi connectivity index (χ3n) is 3.91. The van der Waals surface area contributed by atoms with Gasteiger partial charge >= 0.3 is 0 Å².